The molecule has 8 nitrogen and oxygen atoms in total. The number of likely N-dealkylation sites (N-methyl/N-ethyl adjacent to an activating group) is 1. The minimum absolute atomic E-state index is 0.0685. The summed E-state index contributed by atoms with van der Waals surface area (Å²) in [5.74, 6) is 1.57. The standard InChI is InChI=1S/C16H27N5O3/c1-12(2)16-17-13(24-18-16)5-6-14(22)20-7-9-21(10-8-20)15(23)11-19(3)4/h12H,5-11H2,1-4H3. The molecule has 0 aliphatic carbocycles. The molecule has 134 valence electrons. The van der Waals surface area contributed by atoms with Crippen molar-refractivity contribution < 1.29 is 14.1 Å². The number of aromatic nitrogens is 2. The van der Waals surface area contributed by atoms with Crippen LogP contribution in [0.1, 0.15) is 37.9 Å². The summed E-state index contributed by atoms with van der Waals surface area (Å²) < 4.78 is 5.16. The maximum absolute atomic E-state index is 12.3. The molecule has 0 unspecified atom stereocenters. The third-order valence-electron chi connectivity index (χ3n) is 3.99. The van der Waals surface area contributed by atoms with Crippen LogP contribution in [-0.2, 0) is 16.0 Å². The fraction of sp³-hybridized carbons (Fsp3) is 0.750. The SMILES string of the molecule is CC(C)c1noc(CCC(=O)N2CCN(C(=O)CN(C)C)CC2)n1. The molecule has 24 heavy (non-hydrogen) atoms. The third-order valence-corrected chi connectivity index (χ3v) is 3.99. The van der Waals surface area contributed by atoms with Gasteiger partial charge in [-0.05, 0) is 14.1 Å². The van der Waals surface area contributed by atoms with Gasteiger partial charge in [0.15, 0.2) is 5.82 Å². The second-order valence-electron chi connectivity index (χ2n) is 6.70. The van der Waals surface area contributed by atoms with Crippen LogP contribution in [0.4, 0.5) is 0 Å². The Hall–Kier alpha value is -1.96. The Kier molecular flexibility index (Phi) is 6.30. The predicted octanol–water partition coefficient (Wildman–Crippen LogP) is 0.358. The van der Waals surface area contributed by atoms with Gasteiger partial charge >= 0.3 is 0 Å². The van der Waals surface area contributed by atoms with E-state index < -0.39 is 0 Å². The maximum atomic E-state index is 12.3. The molecule has 2 heterocycles. The average Bonchev–Trinajstić information content (AvgIpc) is 3.01. The van der Waals surface area contributed by atoms with Crippen molar-refractivity contribution in [3.8, 4) is 0 Å². The number of aryl methyl sites for hydroxylation is 1. The second-order valence-corrected chi connectivity index (χ2v) is 6.70. The lowest BCUT2D eigenvalue weighted by atomic mass is 10.2. The molecule has 0 N–H and O–H groups in total. The Labute approximate surface area is 142 Å². The molecule has 0 spiro atoms. The number of nitrogens with zero attached hydrogens (tertiary/aromatic N) is 5. The average molecular weight is 337 g/mol. The highest BCUT2D eigenvalue weighted by molar-refractivity contribution is 5.79. The summed E-state index contributed by atoms with van der Waals surface area (Å²) in [4.78, 5) is 34.1. The molecule has 1 aromatic rings. The molecule has 0 bridgehead atoms. The number of carbonyl (C=O) groups is 2. The van der Waals surface area contributed by atoms with Gasteiger partial charge in [-0.1, -0.05) is 19.0 Å². The van der Waals surface area contributed by atoms with Crippen molar-refractivity contribution in [3.05, 3.63) is 11.7 Å². The summed E-state index contributed by atoms with van der Waals surface area (Å²) in [7, 11) is 3.75. The molecule has 0 aromatic carbocycles. The normalized spacial score (nSPS) is 15.4. The molecule has 2 amide bonds. The molecule has 1 aliphatic heterocycles. The van der Waals surface area contributed by atoms with E-state index in [1.165, 1.54) is 0 Å². The fourth-order valence-electron chi connectivity index (χ4n) is 2.55. The Morgan fingerprint density at radius 3 is 2.21 bits per heavy atom. The van der Waals surface area contributed by atoms with E-state index in [4.69, 9.17) is 4.52 Å². The zero-order valence-corrected chi connectivity index (χ0v) is 15.0. The zero-order chi connectivity index (χ0) is 17.7. The van der Waals surface area contributed by atoms with E-state index in [0.717, 1.165) is 0 Å². The quantitative estimate of drug-likeness (QED) is 0.745. The molecule has 0 radical (unpaired) electrons. The molecular formula is C16H27N5O3. The lowest BCUT2D eigenvalue weighted by molar-refractivity contribution is -0.139. The molecule has 1 aromatic heterocycles. The molecular weight excluding hydrogens is 310 g/mol. The first-order valence-electron chi connectivity index (χ1n) is 8.39. The Morgan fingerprint density at radius 1 is 1.12 bits per heavy atom. The highest BCUT2D eigenvalue weighted by atomic mass is 16.5. The fourth-order valence-corrected chi connectivity index (χ4v) is 2.55. The molecule has 1 saturated heterocycles. The zero-order valence-electron chi connectivity index (χ0n) is 15.0. The Balaban J connectivity index is 1.75. The third kappa shape index (κ3) is 5.02. The highest BCUT2D eigenvalue weighted by Crippen LogP contribution is 2.12. The maximum Gasteiger partial charge on any atom is 0.236 e. The van der Waals surface area contributed by atoms with Gasteiger partial charge < -0.3 is 19.2 Å². The summed E-state index contributed by atoms with van der Waals surface area (Å²) in [5, 5.41) is 3.90. The van der Waals surface area contributed by atoms with Gasteiger partial charge in [-0.3, -0.25) is 9.59 Å². The summed E-state index contributed by atoms with van der Waals surface area (Å²) >= 11 is 0. The molecule has 0 saturated carbocycles. The number of piperazine rings is 1. The van der Waals surface area contributed by atoms with Crippen LogP contribution in [0.5, 0.6) is 0 Å². The molecule has 1 fully saturated rings. The van der Waals surface area contributed by atoms with Gasteiger partial charge in [0.2, 0.25) is 17.7 Å². The highest BCUT2D eigenvalue weighted by Gasteiger charge is 2.24. The summed E-state index contributed by atoms with van der Waals surface area (Å²) in [6.07, 6.45) is 0.809. The summed E-state index contributed by atoms with van der Waals surface area (Å²) in [6.45, 7) is 6.75. The van der Waals surface area contributed by atoms with E-state index in [1.54, 1.807) is 4.90 Å². The number of hydrogen-bond acceptors (Lipinski definition) is 6. The smallest absolute Gasteiger partial charge is 0.236 e. The number of carbonyl (C=O) groups excluding carboxylic acids is 2. The summed E-state index contributed by atoms with van der Waals surface area (Å²) in [6, 6.07) is 0. The van der Waals surface area contributed by atoms with Gasteiger partial charge in [0.25, 0.3) is 0 Å². The first-order valence-corrected chi connectivity index (χ1v) is 8.39. The minimum Gasteiger partial charge on any atom is -0.339 e. The van der Waals surface area contributed by atoms with Crippen LogP contribution in [0.15, 0.2) is 4.52 Å². The molecule has 0 atom stereocenters. The van der Waals surface area contributed by atoms with Crippen molar-refractivity contribution >= 4 is 11.8 Å². The Bertz CT molecular complexity index is 562. The lowest BCUT2D eigenvalue weighted by Crippen LogP contribution is -2.52. The van der Waals surface area contributed by atoms with E-state index in [2.05, 4.69) is 10.1 Å². The Morgan fingerprint density at radius 2 is 1.71 bits per heavy atom. The van der Waals surface area contributed by atoms with Crippen LogP contribution in [0, 0.1) is 0 Å². The van der Waals surface area contributed by atoms with Gasteiger partial charge in [-0.25, -0.2) is 0 Å². The van der Waals surface area contributed by atoms with Gasteiger partial charge in [-0.15, -0.1) is 0 Å². The van der Waals surface area contributed by atoms with Crippen LogP contribution in [0.2, 0.25) is 0 Å². The van der Waals surface area contributed by atoms with Crippen molar-refractivity contribution in [2.75, 3.05) is 46.8 Å². The van der Waals surface area contributed by atoms with Crippen LogP contribution < -0.4 is 0 Å². The molecule has 1 aliphatic rings. The van der Waals surface area contributed by atoms with Crippen LogP contribution in [0.25, 0.3) is 0 Å². The van der Waals surface area contributed by atoms with Crippen molar-refractivity contribution in [2.45, 2.75) is 32.6 Å². The molecule has 2 rings (SSSR count). The van der Waals surface area contributed by atoms with E-state index in [9.17, 15) is 9.59 Å². The van der Waals surface area contributed by atoms with Crippen LogP contribution in [-0.4, -0.2) is 83.5 Å². The predicted molar refractivity (Wildman–Crippen MR) is 88.4 cm³/mol. The van der Waals surface area contributed by atoms with E-state index >= 15 is 0 Å². The van der Waals surface area contributed by atoms with E-state index in [1.807, 2.05) is 37.7 Å². The minimum atomic E-state index is 0.0685. The number of hydrogen-bond donors (Lipinski definition) is 0. The van der Waals surface area contributed by atoms with Crippen molar-refractivity contribution in [3.63, 3.8) is 0 Å². The topological polar surface area (TPSA) is 82.8 Å². The van der Waals surface area contributed by atoms with Crippen molar-refractivity contribution in [2.24, 2.45) is 0 Å². The second kappa shape index (κ2) is 8.23. The van der Waals surface area contributed by atoms with Crippen LogP contribution >= 0.6 is 0 Å². The van der Waals surface area contributed by atoms with Gasteiger partial charge in [0, 0.05) is 44.9 Å². The van der Waals surface area contributed by atoms with Crippen molar-refractivity contribution in [1.29, 1.82) is 0 Å². The first kappa shape index (κ1) is 18.4. The van der Waals surface area contributed by atoms with E-state index in [0.29, 0.717) is 57.3 Å². The largest absolute Gasteiger partial charge is 0.339 e. The summed E-state index contributed by atoms with van der Waals surface area (Å²) in [5.41, 5.74) is 0. The van der Waals surface area contributed by atoms with Crippen LogP contribution in [0.3, 0.4) is 0 Å². The van der Waals surface area contributed by atoms with Gasteiger partial charge in [-0.2, -0.15) is 4.98 Å². The number of rotatable bonds is 6. The lowest BCUT2D eigenvalue weighted by Gasteiger charge is -2.35. The van der Waals surface area contributed by atoms with Crippen molar-refractivity contribution in [1.82, 2.24) is 24.8 Å². The van der Waals surface area contributed by atoms with Gasteiger partial charge in [0.1, 0.15) is 0 Å². The first-order chi connectivity index (χ1) is 11.4. The number of amides is 2. The van der Waals surface area contributed by atoms with E-state index in [-0.39, 0.29) is 17.7 Å². The molecule has 8 heteroatoms. The van der Waals surface area contributed by atoms with Gasteiger partial charge in [0.05, 0.1) is 6.54 Å². The monoisotopic (exact) mass is 337 g/mol.